The highest BCUT2D eigenvalue weighted by Crippen LogP contribution is 2.22. The van der Waals surface area contributed by atoms with Crippen LogP contribution < -0.4 is 10.6 Å². The third-order valence-corrected chi connectivity index (χ3v) is 2.07. The molecule has 1 aliphatic rings. The fourth-order valence-electron chi connectivity index (χ4n) is 1.15. The zero-order valence-electron chi connectivity index (χ0n) is 8.32. The minimum absolute atomic E-state index is 0.115. The van der Waals surface area contributed by atoms with E-state index in [0.29, 0.717) is 0 Å². The van der Waals surface area contributed by atoms with E-state index in [1.807, 2.05) is 27.7 Å². The summed E-state index contributed by atoms with van der Waals surface area (Å²) in [5.74, 6) is 0.161. The van der Waals surface area contributed by atoms with Crippen LogP contribution in [-0.4, -0.2) is 24.5 Å². The molecule has 1 saturated heterocycles. The number of hydrogen-bond acceptors (Lipinski definition) is 2. The Hall–Kier alpha value is -0.570. The van der Waals surface area contributed by atoms with Crippen molar-refractivity contribution in [3.05, 3.63) is 0 Å². The topological polar surface area (TPSA) is 41.1 Å². The average molecular weight is 170 g/mol. The summed E-state index contributed by atoms with van der Waals surface area (Å²) in [5, 5.41) is 6.09. The maximum atomic E-state index is 11.6. The van der Waals surface area contributed by atoms with Crippen LogP contribution in [0.4, 0.5) is 0 Å². The molecule has 0 atom stereocenters. The van der Waals surface area contributed by atoms with E-state index >= 15 is 0 Å². The second kappa shape index (κ2) is 2.73. The summed E-state index contributed by atoms with van der Waals surface area (Å²) in [7, 11) is 0. The molecule has 0 saturated carbocycles. The summed E-state index contributed by atoms with van der Waals surface area (Å²) in [4.78, 5) is 11.6. The first kappa shape index (κ1) is 9.52. The van der Waals surface area contributed by atoms with Crippen LogP contribution in [0.5, 0.6) is 0 Å². The Labute approximate surface area is 73.9 Å². The molecule has 0 spiro atoms. The van der Waals surface area contributed by atoms with Crippen LogP contribution in [0.25, 0.3) is 0 Å². The monoisotopic (exact) mass is 170 g/mol. The molecule has 0 radical (unpaired) electrons. The first-order valence-electron chi connectivity index (χ1n) is 4.37. The van der Waals surface area contributed by atoms with Crippen LogP contribution in [0.3, 0.4) is 0 Å². The molecule has 1 amide bonds. The fraction of sp³-hybridized carbons (Fsp3) is 0.889. The van der Waals surface area contributed by atoms with Crippen molar-refractivity contribution in [3.63, 3.8) is 0 Å². The Morgan fingerprint density at radius 2 is 1.92 bits per heavy atom. The maximum absolute atomic E-state index is 11.6. The molecular weight excluding hydrogens is 152 g/mol. The molecule has 3 heteroatoms. The molecule has 0 aromatic rings. The van der Waals surface area contributed by atoms with Crippen molar-refractivity contribution < 1.29 is 4.79 Å². The van der Waals surface area contributed by atoms with Gasteiger partial charge < -0.3 is 10.6 Å². The van der Waals surface area contributed by atoms with Gasteiger partial charge in [0.2, 0.25) is 5.91 Å². The van der Waals surface area contributed by atoms with Crippen LogP contribution in [0.15, 0.2) is 0 Å². The third-order valence-electron chi connectivity index (χ3n) is 2.07. The first-order valence-corrected chi connectivity index (χ1v) is 4.37. The Morgan fingerprint density at radius 1 is 1.42 bits per heavy atom. The normalized spacial score (nSPS) is 21.3. The predicted molar refractivity (Wildman–Crippen MR) is 48.9 cm³/mol. The average Bonchev–Trinajstić information content (AvgIpc) is 1.78. The number of amides is 1. The molecule has 1 rings (SSSR count). The largest absolute Gasteiger partial charge is 0.351 e. The Balaban J connectivity index is 2.49. The van der Waals surface area contributed by atoms with E-state index in [2.05, 4.69) is 10.6 Å². The van der Waals surface area contributed by atoms with Gasteiger partial charge >= 0.3 is 0 Å². The van der Waals surface area contributed by atoms with Crippen molar-refractivity contribution in [2.75, 3.05) is 13.1 Å². The van der Waals surface area contributed by atoms with Gasteiger partial charge in [-0.3, -0.25) is 4.79 Å². The summed E-state index contributed by atoms with van der Waals surface area (Å²) in [6, 6.07) is 0. The summed E-state index contributed by atoms with van der Waals surface area (Å²) in [6.45, 7) is 9.59. The quantitative estimate of drug-likeness (QED) is 0.602. The number of hydrogen-bond donors (Lipinski definition) is 2. The Bertz CT molecular complexity index is 189. The van der Waals surface area contributed by atoms with E-state index in [0.717, 1.165) is 13.1 Å². The van der Waals surface area contributed by atoms with Crippen LogP contribution in [0.2, 0.25) is 0 Å². The lowest BCUT2D eigenvalue weighted by Crippen LogP contribution is -2.62. The van der Waals surface area contributed by atoms with Gasteiger partial charge in [0.25, 0.3) is 0 Å². The molecule has 1 aliphatic heterocycles. The summed E-state index contributed by atoms with van der Waals surface area (Å²) >= 11 is 0. The minimum Gasteiger partial charge on any atom is -0.351 e. The van der Waals surface area contributed by atoms with E-state index in [1.54, 1.807) is 0 Å². The lowest BCUT2D eigenvalue weighted by atomic mass is 9.82. The molecule has 0 bridgehead atoms. The molecule has 0 aliphatic carbocycles. The molecule has 12 heavy (non-hydrogen) atoms. The molecule has 1 fully saturated rings. The lowest BCUT2D eigenvalue weighted by Gasteiger charge is -2.39. The second-order valence-electron chi connectivity index (χ2n) is 4.87. The van der Waals surface area contributed by atoms with Crippen LogP contribution >= 0.6 is 0 Å². The Kier molecular flexibility index (Phi) is 2.17. The third kappa shape index (κ3) is 1.97. The van der Waals surface area contributed by atoms with Crippen molar-refractivity contribution in [2.45, 2.75) is 33.2 Å². The summed E-state index contributed by atoms with van der Waals surface area (Å²) < 4.78 is 0. The van der Waals surface area contributed by atoms with Gasteiger partial charge in [-0.1, -0.05) is 0 Å². The van der Waals surface area contributed by atoms with E-state index < -0.39 is 0 Å². The number of rotatable bonds is 1. The van der Waals surface area contributed by atoms with E-state index in [1.165, 1.54) is 0 Å². The SMILES string of the molecule is CC(C)(C)NC(=O)C1(C)CNC1. The first-order chi connectivity index (χ1) is 5.33. The van der Waals surface area contributed by atoms with Gasteiger partial charge in [-0.2, -0.15) is 0 Å². The van der Waals surface area contributed by atoms with Crippen LogP contribution in [0, 0.1) is 5.41 Å². The standard InChI is InChI=1S/C9H18N2O/c1-8(2,3)11-7(12)9(4)5-10-6-9/h10H,5-6H2,1-4H3,(H,11,12). The predicted octanol–water partition coefficient (Wildman–Crippen LogP) is 0.511. The van der Waals surface area contributed by atoms with Crippen LogP contribution in [-0.2, 0) is 4.79 Å². The second-order valence-corrected chi connectivity index (χ2v) is 4.87. The molecule has 0 aromatic heterocycles. The van der Waals surface area contributed by atoms with Gasteiger partial charge in [-0.25, -0.2) is 0 Å². The van der Waals surface area contributed by atoms with Crippen molar-refractivity contribution in [3.8, 4) is 0 Å². The fourth-order valence-corrected chi connectivity index (χ4v) is 1.15. The molecule has 1 heterocycles. The number of carbonyl (C=O) groups excluding carboxylic acids is 1. The Morgan fingerprint density at radius 3 is 2.17 bits per heavy atom. The van der Waals surface area contributed by atoms with Gasteiger partial charge in [-0.15, -0.1) is 0 Å². The molecule has 70 valence electrons. The zero-order valence-corrected chi connectivity index (χ0v) is 8.32. The summed E-state index contributed by atoms with van der Waals surface area (Å²) in [5.41, 5.74) is -0.289. The van der Waals surface area contributed by atoms with Crippen molar-refractivity contribution in [2.24, 2.45) is 5.41 Å². The van der Waals surface area contributed by atoms with E-state index in [9.17, 15) is 4.79 Å². The molecule has 3 nitrogen and oxygen atoms in total. The summed E-state index contributed by atoms with van der Waals surface area (Å²) in [6.07, 6.45) is 0. The minimum atomic E-state index is -0.173. The highest BCUT2D eigenvalue weighted by molar-refractivity contribution is 5.84. The maximum Gasteiger partial charge on any atom is 0.228 e. The van der Waals surface area contributed by atoms with Gasteiger partial charge in [0, 0.05) is 18.6 Å². The number of nitrogens with one attached hydrogen (secondary N) is 2. The highest BCUT2D eigenvalue weighted by atomic mass is 16.2. The molecular formula is C9H18N2O. The van der Waals surface area contributed by atoms with Gasteiger partial charge in [0.1, 0.15) is 0 Å². The van der Waals surface area contributed by atoms with Gasteiger partial charge in [-0.05, 0) is 27.7 Å². The van der Waals surface area contributed by atoms with Gasteiger partial charge in [0.15, 0.2) is 0 Å². The van der Waals surface area contributed by atoms with Crippen molar-refractivity contribution >= 4 is 5.91 Å². The lowest BCUT2D eigenvalue weighted by molar-refractivity contribution is -0.134. The van der Waals surface area contributed by atoms with Gasteiger partial charge in [0.05, 0.1) is 5.41 Å². The molecule has 0 aromatic carbocycles. The van der Waals surface area contributed by atoms with E-state index in [4.69, 9.17) is 0 Å². The van der Waals surface area contributed by atoms with E-state index in [-0.39, 0.29) is 16.9 Å². The zero-order chi connectivity index (χ0) is 9.41. The number of carbonyl (C=O) groups is 1. The van der Waals surface area contributed by atoms with Crippen molar-refractivity contribution in [1.82, 2.24) is 10.6 Å². The molecule has 0 unspecified atom stereocenters. The highest BCUT2D eigenvalue weighted by Gasteiger charge is 2.40. The molecule has 2 N–H and O–H groups in total. The van der Waals surface area contributed by atoms with Crippen molar-refractivity contribution in [1.29, 1.82) is 0 Å². The smallest absolute Gasteiger partial charge is 0.228 e. The van der Waals surface area contributed by atoms with Crippen LogP contribution in [0.1, 0.15) is 27.7 Å².